The zero-order chi connectivity index (χ0) is 13.7. The first-order valence-electron chi connectivity index (χ1n) is 6.50. The molecule has 3 rings (SSSR count). The lowest BCUT2D eigenvalue weighted by atomic mass is 10.2. The molecule has 1 N–H and O–H groups in total. The standard InChI is InChI=1S/C14H12N2S.C2H6.H2/c1-10-7-8-13(17-10)14-15-9-12(16-14)11-5-3-2-4-6-11;1-2;/h2-9H,1H3,(H,15,16);1-2H3;1H. The second-order valence-corrected chi connectivity index (χ2v) is 5.21. The van der Waals surface area contributed by atoms with E-state index in [1.165, 1.54) is 15.3 Å². The van der Waals surface area contributed by atoms with Crippen LogP contribution >= 0.6 is 11.3 Å². The zero-order valence-electron chi connectivity index (χ0n) is 11.5. The van der Waals surface area contributed by atoms with Crippen molar-refractivity contribution in [3.8, 4) is 22.0 Å². The Bertz CT molecular complexity index is 629. The Morgan fingerprint density at radius 3 is 2.42 bits per heavy atom. The number of nitrogens with zero attached hydrogens (tertiary/aromatic N) is 1. The van der Waals surface area contributed by atoms with Crippen LogP contribution in [0, 0.1) is 6.92 Å². The number of aryl methyl sites for hydroxylation is 1. The molecule has 0 bridgehead atoms. The lowest BCUT2D eigenvalue weighted by Crippen LogP contribution is -1.77. The van der Waals surface area contributed by atoms with Crippen LogP contribution in [0.25, 0.3) is 22.0 Å². The SMILES string of the molecule is CC.Cc1ccc(-c2ncc(-c3ccccc3)[nH]2)s1.[HH]. The molecule has 0 amide bonds. The quantitative estimate of drug-likeness (QED) is 0.666. The highest BCUT2D eigenvalue weighted by Crippen LogP contribution is 2.27. The van der Waals surface area contributed by atoms with Gasteiger partial charge < -0.3 is 4.98 Å². The normalized spacial score (nSPS) is 9.84. The fourth-order valence-electron chi connectivity index (χ4n) is 1.77. The Hall–Kier alpha value is -1.87. The van der Waals surface area contributed by atoms with Crippen molar-refractivity contribution in [3.05, 3.63) is 53.5 Å². The molecule has 2 aromatic heterocycles. The van der Waals surface area contributed by atoms with Crippen LogP contribution in [0.5, 0.6) is 0 Å². The van der Waals surface area contributed by atoms with Crippen molar-refractivity contribution in [3.63, 3.8) is 0 Å². The first-order chi connectivity index (χ1) is 9.33. The first kappa shape index (κ1) is 13.6. The second kappa shape index (κ2) is 6.34. The van der Waals surface area contributed by atoms with Gasteiger partial charge in [0.05, 0.1) is 16.8 Å². The van der Waals surface area contributed by atoms with Gasteiger partial charge in [0.2, 0.25) is 0 Å². The molecule has 0 aliphatic heterocycles. The molecule has 100 valence electrons. The van der Waals surface area contributed by atoms with E-state index in [0.29, 0.717) is 0 Å². The maximum Gasteiger partial charge on any atom is 0.147 e. The van der Waals surface area contributed by atoms with E-state index >= 15 is 0 Å². The van der Waals surface area contributed by atoms with Crippen molar-refractivity contribution in [2.75, 3.05) is 0 Å². The van der Waals surface area contributed by atoms with Gasteiger partial charge in [0.1, 0.15) is 5.82 Å². The lowest BCUT2D eigenvalue weighted by Gasteiger charge is -1.95. The number of rotatable bonds is 2. The molecule has 2 nitrogen and oxygen atoms in total. The Morgan fingerprint density at radius 2 is 1.79 bits per heavy atom. The van der Waals surface area contributed by atoms with Crippen LogP contribution in [0.3, 0.4) is 0 Å². The molecule has 0 saturated heterocycles. The summed E-state index contributed by atoms with van der Waals surface area (Å²) in [5.74, 6) is 0.946. The maximum absolute atomic E-state index is 4.43. The lowest BCUT2D eigenvalue weighted by molar-refractivity contribution is 1.33. The van der Waals surface area contributed by atoms with E-state index in [1.54, 1.807) is 11.3 Å². The van der Waals surface area contributed by atoms with Gasteiger partial charge in [-0.2, -0.15) is 0 Å². The summed E-state index contributed by atoms with van der Waals surface area (Å²) in [6, 6.07) is 14.5. The zero-order valence-corrected chi connectivity index (χ0v) is 12.3. The van der Waals surface area contributed by atoms with Crippen molar-refractivity contribution < 1.29 is 1.43 Å². The van der Waals surface area contributed by atoms with Crippen LogP contribution in [0.2, 0.25) is 0 Å². The number of imidazole rings is 1. The number of aromatic nitrogens is 2. The van der Waals surface area contributed by atoms with Gasteiger partial charge in [-0.1, -0.05) is 44.2 Å². The number of H-pyrrole nitrogens is 1. The summed E-state index contributed by atoms with van der Waals surface area (Å²) in [4.78, 5) is 10.3. The molecule has 0 aliphatic rings. The summed E-state index contributed by atoms with van der Waals surface area (Å²) in [5, 5.41) is 0. The highest BCUT2D eigenvalue weighted by atomic mass is 32.1. The van der Waals surface area contributed by atoms with Crippen molar-refractivity contribution in [1.29, 1.82) is 0 Å². The molecular weight excluding hydrogens is 252 g/mol. The number of nitrogens with one attached hydrogen (secondary N) is 1. The van der Waals surface area contributed by atoms with E-state index in [-0.39, 0.29) is 1.43 Å². The summed E-state index contributed by atoms with van der Waals surface area (Å²) in [6.07, 6.45) is 1.89. The van der Waals surface area contributed by atoms with E-state index < -0.39 is 0 Å². The number of hydrogen-bond acceptors (Lipinski definition) is 2. The van der Waals surface area contributed by atoms with Crippen LogP contribution in [0.15, 0.2) is 48.7 Å². The molecule has 0 saturated carbocycles. The maximum atomic E-state index is 4.43. The van der Waals surface area contributed by atoms with Crippen LogP contribution < -0.4 is 0 Å². The van der Waals surface area contributed by atoms with Crippen LogP contribution in [0.1, 0.15) is 20.2 Å². The number of thiophene rings is 1. The Morgan fingerprint density at radius 1 is 1.05 bits per heavy atom. The minimum atomic E-state index is 0. The van der Waals surface area contributed by atoms with Crippen molar-refractivity contribution in [2.24, 2.45) is 0 Å². The van der Waals surface area contributed by atoms with Crippen LogP contribution in [-0.2, 0) is 0 Å². The van der Waals surface area contributed by atoms with E-state index in [4.69, 9.17) is 0 Å². The smallest absolute Gasteiger partial charge is 0.147 e. The number of aromatic amines is 1. The first-order valence-corrected chi connectivity index (χ1v) is 7.32. The Labute approximate surface area is 119 Å². The van der Waals surface area contributed by atoms with E-state index in [0.717, 1.165) is 11.5 Å². The van der Waals surface area contributed by atoms with Gasteiger partial charge in [-0.25, -0.2) is 4.98 Å². The van der Waals surface area contributed by atoms with Gasteiger partial charge in [0.25, 0.3) is 0 Å². The average molecular weight is 272 g/mol. The predicted molar refractivity (Wildman–Crippen MR) is 85.5 cm³/mol. The van der Waals surface area contributed by atoms with Crippen LogP contribution in [0.4, 0.5) is 0 Å². The van der Waals surface area contributed by atoms with Gasteiger partial charge in [0, 0.05) is 6.30 Å². The Balaban J connectivity index is 0.000000639. The molecule has 1 aromatic carbocycles. The summed E-state index contributed by atoms with van der Waals surface area (Å²) in [7, 11) is 0. The third kappa shape index (κ3) is 3.12. The van der Waals surface area contributed by atoms with E-state index in [1.807, 2.05) is 38.2 Å². The average Bonchev–Trinajstić information content (AvgIpc) is 3.10. The van der Waals surface area contributed by atoms with Gasteiger partial charge in [0.15, 0.2) is 0 Å². The predicted octanol–water partition coefficient (Wildman–Crippen LogP) is 5.39. The van der Waals surface area contributed by atoms with Crippen molar-refractivity contribution >= 4 is 11.3 Å². The summed E-state index contributed by atoms with van der Waals surface area (Å²) in [5.41, 5.74) is 2.23. The molecule has 3 aromatic rings. The molecule has 0 aliphatic carbocycles. The minimum Gasteiger partial charge on any atom is -0.337 e. The summed E-state index contributed by atoms with van der Waals surface area (Å²) in [6.45, 7) is 6.11. The van der Waals surface area contributed by atoms with Crippen molar-refractivity contribution in [2.45, 2.75) is 20.8 Å². The molecule has 0 radical (unpaired) electrons. The summed E-state index contributed by atoms with van der Waals surface area (Å²) >= 11 is 1.76. The fraction of sp³-hybridized carbons (Fsp3) is 0.188. The highest BCUT2D eigenvalue weighted by Gasteiger charge is 2.06. The molecule has 0 spiro atoms. The molecule has 19 heavy (non-hydrogen) atoms. The van der Waals surface area contributed by atoms with Crippen molar-refractivity contribution in [1.82, 2.24) is 9.97 Å². The number of hydrogen-bond donors (Lipinski definition) is 1. The topological polar surface area (TPSA) is 28.7 Å². The van der Waals surface area contributed by atoms with E-state index in [9.17, 15) is 0 Å². The minimum absolute atomic E-state index is 0. The molecular formula is C16H20N2S. The summed E-state index contributed by atoms with van der Waals surface area (Å²) < 4.78 is 0. The highest BCUT2D eigenvalue weighted by molar-refractivity contribution is 7.15. The third-order valence-corrected chi connectivity index (χ3v) is 3.64. The Kier molecular flexibility index (Phi) is 4.53. The van der Waals surface area contributed by atoms with Gasteiger partial charge >= 0.3 is 0 Å². The molecule has 0 fully saturated rings. The monoisotopic (exact) mass is 272 g/mol. The van der Waals surface area contributed by atoms with Crippen LogP contribution in [-0.4, -0.2) is 9.97 Å². The second-order valence-electron chi connectivity index (χ2n) is 3.92. The van der Waals surface area contributed by atoms with E-state index in [2.05, 4.69) is 41.2 Å². The number of benzene rings is 1. The molecule has 0 unspecified atom stereocenters. The molecule has 0 atom stereocenters. The molecule has 3 heteroatoms. The van der Waals surface area contributed by atoms with Gasteiger partial charge in [-0.15, -0.1) is 11.3 Å². The largest absolute Gasteiger partial charge is 0.337 e. The van der Waals surface area contributed by atoms with Gasteiger partial charge in [-0.05, 0) is 24.6 Å². The molecule has 2 heterocycles. The third-order valence-electron chi connectivity index (χ3n) is 2.63. The fourth-order valence-corrected chi connectivity index (χ4v) is 2.59. The van der Waals surface area contributed by atoms with Gasteiger partial charge in [-0.3, -0.25) is 0 Å².